The van der Waals surface area contributed by atoms with Crippen molar-refractivity contribution in [2.45, 2.75) is 13.8 Å². The predicted octanol–water partition coefficient (Wildman–Crippen LogP) is 2.60. The Morgan fingerprint density at radius 3 is 2.81 bits per heavy atom. The third-order valence-electron chi connectivity index (χ3n) is 2.63. The molecule has 0 fully saturated rings. The molecule has 1 aromatic carbocycles. The first-order valence-electron chi connectivity index (χ1n) is 6.58. The summed E-state index contributed by atoms with van der Waals surface area (Å²) in [5.74, 6) is 0.0934. The summed E-state index contributed by atoms with van der Waals surface area (Å²) in [4.78, 5) is 11.9. The van der Waals surface area contributed by atoms with Crippen molar-refractivity contribution in [2.24, 2.45) is 0 Å². The maximum atomic E-state index is 11.9. The molecule has 0 amide bonds. The average molecular weight is 287 g/mol. The van der Waals surface area contributed by atoms with Crippen LogP contribution in [0, 0.1) is 0 Å². The Morgan fingerprint density at radius 1 is 1.33 bits per heavy atom. The lowest BCUT2D eigenvalue weighted by atomic mass is 10.1. The summed E-state index contributed by atoms with van der Waals surface area (Å²) in [6.07, 6.45) is 0. The van der Waals surface area contributed by atoms with Gasteiger partial charge < -0.3 is 9.47 Å². The molecule has 21 heavy (non-hydrogen) atoms. The SMILES string of the molecule is C=C(C)COc1ccccc1-c1n[nH]nc1C(=O)OCC. The first-order chi connectivity index (χ1) is 10.1. The second-order valence-corrected chi connectivity index (χ2v) is 4.48. The Kier molecular flexibility index (Phi) is 4.71. The molecule has 0 spiro atoms. The molecule has 2 aromatic rings. The van der Waals surface area contributed by atoms with Gasteiger partial charge in [0, 0.05) is 5.56 Å². The van der Waals surface area contributed by atoms with Gasteiger partial charge in [-0.15, -0.1) is 5.10 Å². The number of para-hydroxylation sites is 1. The van der Waals surface area contributed by atoms with Gasteiger partial charge in [0.1, 0.15) is 18.1 Å². The van der Waals surface area contributed by atoms with Crippen LogP contribution in [0.2, 0.25) is 0 Å². The molecule has 0 unspecified atom stereocenters. The molecule has 0 aliphatic heterocycles. The van der Waals surface area contributed by atoms with E-state index in [1.807, 2.05) is 31.2 Å². The van der Waals surface area contributed by atoms with Gasteiger partial charge in [-0.2, -0.15) is 10.3 Å². The van der Waals surface area contributed by atoms with Crippen molar-refractivity contribution in [3.63, 3.8) is 0 Å². The van der Waals surface area contributed by atoms with Crippen molar-refractivity contribution in [2.75, 3.05) is 13.2 Å². The van der Waals surface area contributed by atoms with E-state index in [-0.39, 0.29) is 12.3 Å². The van der Waals surface area contributed by atoms with E-state index < -0.39 is 5.97 Å². The topological polar surface area (TPSA) is 77.1 Å². The maximum absolute atomic E-state index is 11.9. The van der Waals surface area contributed by atoms with E-state index in [2.05, 4.69) is 22.0 Å². The third kappa shape index (κ3) is 3.47. The number of ether oxygens (including phenoxy) is 2. The molecule has 6 heteroatoms. The van der Waals surface area contributed by atoms with Crippen molar-refractivity contribution in [3.05, 3.63) is 42.1 Å². The Balaban J connectivity index is 2.36. The second-order valence-electron chi connectivity index (χ2n) is 4.48. The highest BCUT2D eigenvalue weighted by molar-refractivity contribution is 5.94. The van der Waals surface area contributed by atoms with Crippen LogP contribution in [-0.2, 0) is 4.74 Å². The summed E-state index contributed by atoms with van der Waals surface area (Å²) in [6.45, 7) is 8.08. The molecule has 0 radical (unpaired) electrons. The molecule has 6 nitrogen and oxygen atoms in total. The fourth-order valence-corrected chi connectivity index (χ4v) is 1.75. The van der Waals surface area contributed by atoms with Gasteiger partial charge in [0.15, 0.2) is 5.69 Å². The first-order valence-corrected chi connectivity index (χ1v) is 6.58. The zero-order valence-electron chi connectivity index (χ0n) is 12.0. The van der Waals surface area contributed by atoms with Crippen LogP contribution in [-0.4, -0.2) is 34.6 Å². The number of carbonyl (C=O) groups excluding carboxylic acids is 1. The highest BCUT2D eigenvalue weighted by Gasteiger charge is 2.21. The Bertz CT molecular complexity index is 649. The van der Waals surface area contributed by atoms with E-state index in [0.717, 1.165) is 5.57 Å². The molecule has 1 heterocycles. The smallest absolute Gasteiger partial charge is 0.361 e. The number of aromatic nitrogens is 3. The average Bonchev–Trinajstić information content (AvgIpc) is 2.95. The number of rotatable bonds is 6. The van der Waals surface area contributed by atoms with Gasteiger partial charge in [-0.05, 0) is 31.6 Å². The third-order valence-corrected chi connectivity index (χ3v) is 2.63. The van der Waals surface area contributed by atoms with Crippen molar-refractivity contribution >= 4 is 5.97 Å². The minimum Gasteiger partial charge on any atom is -0.489 e. The molecule has 0 atom stereocenters. The first kappa shape index (κ1) is 14.8. The second kappa shape index (κ2) is 6.69. The van der Waals surface area contributed by atoms with E-state index in [1.165, 1.54) is 0 Å². The number of aromatic amines is 1. The normalized spacial score (nSPS) is 10.2. The summed E-state index contributed by atoms with van der Waals surface area (Å²) in [6, 6.07) is 7.31. The van der Waals surface area contributed by atoms with Crippen LogP contribution in [0.4, 0.5) is 0 Å². The summed E-state index contributed by atoms with van der Waals surface area (Å²) in [5.41, 5.74) is 2.13. The zero-order chi connectivity index (χ0) is 15.2. The summed E-state index contributed by atoms with van der Waals surface area (Å²) >= 11 is 0. The number of hydrogen-bond acceptors (Lipinski definition) is 5. The fraction of sp³-hybridized carbons (Fsp3) is 0.267. The van der Waals surface area contributed by atoms with Crippen LogP contribution in [0.1, 0.15) is 24.3 Å². The lowest BCUT2D eigenvalue weighted by molar-refractivity contribution is 0.0520. The van der Waals surface area contributed by atoms with Crippen molar-refractivity contribution in [1.82, 2.24) is 15.4 Å². The maximum Gasteiger partial charge on any atom is 0.361 e. The van der Waals surface area contributed by atoms with E-state index in [9.17, 15) is 4.79 Å². The fourth-order valence-electron chi connectivity index (χ4n) is 1.75. The Morgan fingerprint density at radius 2 is 2.10 bits per heavy atom. The number of nitrogens with zero attached hydrogens (tertiary/aromatic N) is 2. The standard InChI is InChI=1S/C15H17N3O3/c1-4-20-15(19)14-13(16-18-17-14)11-7-5-6-8-12(11)21-9-10(2)3/h5-8H,2,4,9H2,1,3H3,(H,16,17,18). The van der Waals surface area contributed by atoms with Gasteiger partial charge >= 0.3 is 5.97 Å². The number of nitrogens with one attached hydrogen (secondary N) is 1. The van der Waals surface area contributed by atoms with Crippen molar-refractivity contribution in [3.8, 4) is 17.0 Å². The highest BCUT2D eigenvalue weighted by atomic mass is 16.5. The minimum absolute atomic E-state index is 0.142. The Labute approximate surface area is 122 Å². The van der Waals surface area contributed by atoms with E-state index in [0.29, 0.717) is 23.6 Å². The molecule has 110 valence electrons. The molecule has 0 bridgehead atoms. The van der Waals surface area contributed by atoms with Crippen LogP contribution < -0.4 is 4.74 Å². The molecular weight excluding hydrogens is 270 g/mol. The largest absolute Gasteiger partial charge is 0.489 e. The predicted molar refractivity (Wildman–Crippen MR) is 78.1 cm³/mol. The molecule has 2 rings (SSSR count). The summed E-state index contributed by atoms with van der Waals surface area (Å²) in [7, 11) is 0. The number of esters is 1. The highest BCUT2D eigenvalue weighted by Crippen LogP contribution is 2.30. The van der Waals surface area contributed by atoms with Gasteiger partial charge in [0.25, 0.3) is 0 Å². The molecule has 0 saturated heterocycles. The van der Waals surface area contributed by atoms with Crippen LogP contribution >= 0.6 is 0 Å². The molecule has 0 aliphatic carbocycles. The Hall–Kier alpha value is -2.63. The summed E-state index contributed by atoms with van der Waals surface area (Å²) < 4.78 is 10.7. The quantitative estimate of drug-likeness (QED) is 0.652. The van der Waals surface area contributed by atoms with Crippen LogP contribution in [0.15, 0.2) is 36.4 Å². The van der Waals surface area contributed by atoms with Crippen LogP contribution in [0.5, 0.6) is 5.75 Å². The lowest BCUT2D eigenvalue weighted by Gasteiger charge is -2.10. The molecular formula is C15H17N3O3. The molecule has 0 aliphatic rings. The number of hydrogen-bond donors (Lipinski definition) is 1. The van der Waals surface area contributed by atoms with Gasteiger partial charge in [-0.3, -0.25) is 0 Å². The lowest BCUT2D eigenvalue weighted by Crippen LogP contribution is -2.07. The number of carbonyl (C=O) groups is 1. The monoisotopic (exact) mass is 287 g/mol. The minimum atomic E-state index is -0.518. The van der Waals surface area contributed by atoms with E-state index in [1.54, 1.807) is 6.92 Å². The molecule has 1 aromatic heterocycles. The zero-order valence-corrected chi connectivity index (χ0v) is 12.0. The molecule has 1 N–H and O–H groups in total. The van der Waals surface area contributed by atoms with Gasteiger partial charge in [0.05, 0.1) is 6.61 Å². The van der Waals surface area contributed by atoms with Gasteiger partial charge in [-0.1, -0.05) is 18.7 Å². The van der Waals surface area contributed by atoms with E-state index in [4.69, 9.17) is 9.47 Å². The van der Waals surface area contributed by atoms with Crippen molar-refractivity contribution in [1.29, 1.82) is 0 Å². The van der Waals surface area contributed by atoms with E-state index >= 15 is 0 Å². The van der Waals surface area contributed by atoms with Gasteiger partial charge in [-0.25, -0.2) is 4.79 Å². The summed E-state index contributed by atoms with van der Waals surface area (Å²) in [5, 5.41) is 10.4. The molecule has 0 saturated carbocycles. The number of H-pyrrole nitrogens is 1. The van der Waals surface area contributed by atoms with Crippen LogP contribution in [0.3, 0.4) is 0 Å². The number of benzene rings is 1. The van der Waals surface area contributed by atoms with Crippen molar-refractivity contribution < 1.29 is 14.3 Å². The van der Waals surface area contributed by atoms with Crippen LogP contribution in [0.25, 0.3) is 11.3 Å². The van der Waals surface area contributed by atoms with Gasteiger partial charge in [0.2, 0.25) is 0 Å².